The van der Waals surface area contributed by atoms with Gasteiger partial charge in [-0.05, 0) is 62.1 Å². The van der Waals surface area contributed by atoms with Crippen LogP contribution in [0.4, 0.5) is 0 Å². The van der Waals surface area contributed by atoms with Crippen molar-refractivity contribution in [3.05, 3.63) is 40.9 Å². The Bertz CT molecular complexity index is 846. The van der Waals surface area contributed by atoms with Crippen LogP contribution >= 0.6 is 24.0 Å². The molecule has 0 bridgehead atoms. The van der Waals surface area contributed by atoms with Gasteiger partial charge in [0, 0.05) is 11.4 Å². The first-order valence-electron chi connectivity index (χ1n) is 6.89. The average molecular weight is 360 g/mol. The molecule has 2 aromatic heterocycles. The fourth-order valence-electron chi connectivity index (χ4n) is 2.04. The largest absolute Gasteiger partial charge is 0.450 e. The Morgan fingerprint density at radius 2 is 1.75 bits per heavy atom. The summed E-state index contributed by atoms with van der Waals surface area (Å²) >= 11 is 6.00. The molecule has 3 heterocycles. The summed E-state index contributed by atoms with van der Waals surface area (Å²) in [6, 6.07) is 5.26. The molecule has 2 N–H and O–H groups in total. The van der Waals surface area contributed by atoms with Crippen molar-refractivity contribution in [2.24, 2.45) is 0 Å². The van der Waals surface area contributed by atoms with Crippen LogP contribution in [0.15, 0.2) is 38.4 Å². The Hall–Kier alpha value is -2.52. The second-order valence-corrected chi connectivity index (χ2v) is 6.37. The van der Waals surface area contributed by atoms with Gasteiger partial charge >= 0.3 is 0 Å². The van der Waals surface area contributed by atoms with Crippen molar-refractivity contribution in [2.75, 3.05) is 0 Å². The fraction of sp³-hybridized carbons (Fsp3) is 0.133. The zero-order chi connectivity index (χ0) is 17.3. The molecule has 1 fully saturated rings. The van der Waals surface area contributed by atoms with E-state index < -0.39 is 11.8 Å². The first-order chi connectivity index (χ1) is 11.4. The van der Waals surface area contributed by atoms with Crippen LogP contribution in [0.5, 0.6) is 0 Å². The van der Waals surface area contributed by atoms with Crippen molar-refractivity contribution in [1.82, 2.24) is 20.6 Å². The summed E-state index contributed by atoms with van der Waals surface area (Å²) in [4.78, 5) is 32.2. The van der Waals surface area contributed by atoms with Crippen molar-refractivity contribution >= 4 is 47.0 Å². The van der Waals surface area contributed by atoms with E-state index in [2.05, 4.69) is 20.6 Å². The Labute approximate surface area is 146 Å². The molecule has 1 aliphatic heterocycles. The number of aryl methyl sites for hydroxylation is 2. The second-order valence-electron chi connectivity index (χ2n) is 4.99. The van der Waals surface area contributed by atoms with Crippen LogP contribution in [-0.2, 0) is 9.59 Å². The number of aromatic nitrogens is 2. The molecule has 0 atom stereocenters. The van der Waals surface area contributed by atoms with Gasteiger partial charge in [-0.25, -0.2) is 9.97 Å². The highest BCUT2D eigenvalue weighted by Gasteiger charge is 2.26. The maximum absolute atomic E-state index is 11.8. The van der Waals surface area contributed by atoms with Gasteiger partial charge in [-0.1, -0.05) is 0 Å². The SMILES string of the molecule is Cc1cc(C)nc(Sc2ccc(C=C3C(=O)NC(=S)NC3=O)o2)n1. The molecule has 0 aromatic carbocycles. The van der Waals surface area contributed by atoms with E-state index in [1.165, 1.54) is 17.8 Å². The van der Waals surface area contributed by atoms with Gasteiger partial charge in [0.05, 0.1) is 0 Å². The molecule has 9 heteroatoms. The number of amides is 2. The van der Waals surface area contributed by atoms with Crippen LogP contribution in [0.25, 0.3) is 6.08 Å². The Morgan fingerprint density at radius 3 is 2.38 bits per heavy atom. The minimum atomic E-state index is -0.563. The quantitative estimate of drug-likeness (QED) is 0.372. The summed E-state index contributed by atoms with van der Waals surface area (Å²) in [5.41, 5.74) is 1.66. The van der Waals surface area contributed by atoms with E-state index in [0.29, 0.717) is 16.0 Å². The first-order valence-corrected chi connectivity index (χ1v) is 8.11. The fourth-order valence-corrected chi connectivity index (χ4v) is 3.06. The van der Waals surface area contributed by atoms with Gasteiger partial charge in [0.25, 0.3) is 11.8 Å². The van der Waals surface area contributed by atoms with Crippen LogP contribution < -0.4 is 10.6 Å². The Morgan fingerprint density at radius 1 is 1.12 bits per heavy atom. The summed E-state index contributed by atoms with van der Waals surface area (Å²) in [7, 11) is 0. The summed E-state index contributed by atoms with van der Waals surface area (Å²) in [5.74, 6) is -0.756. The van der Waals surface area contributed by atoms with Crippen LogP contribution in [0.1, 0.15) is 17.1 Å². The molecule has 122 valence electrons. The minimum absolute atomic E-state index is 0.00944. The van der Waals surface area contributed by atoms with E-state index in [-0.39, 0.29) is 10.7 Å². The topological polar surface area (TPSA) is 97.1 Å². The van der Waals surface area contributed by atoms with Crippen LogP contribution in [-0.4, -0.2) is 26.9 Å². The summed E-state index contributed by atoms with van der Waals surface area (Å²) in [6.07, 6.45) is 1.36. The predicted octanol–water partition coefficient (Wildman–Crippen LogP) is 1.75. The highest BCUT2D eigenvalue weighted by molar-refractivity contribution is 7.99. The highest BCUT2D eigenvalue weighted by atomic mass is 32.2. The van der Waals surface area contributed by atoms with E-state index in [1.54, 1.807) is 12.1 Å². The molecule has 0 spiro atoms. The van der Waals surface area contributed by atoms with Crippen molar-refractivity contribution in [2.45, 2.75) is 24.1 Å². The first kappa shape index (κ1) is 16.3. The normalized spacial score (nSPS) is 14.4. The van der Waals surface area contributed by atoms with E-state index in [0.717, 1.165) is 11.4 Å². The molecule has 0 unspecified atom stereocenters. The van der Waals surface area contributed by atoms with E-state index >= 15 is 0 Å². The molecule has 2 amide bonds. The number of nitrogens with one attached hydrogen (secondary N) is 2. The lowest BCUT2D eigenvalue weighted by Crippen LogP contribution is -2.51. The van der Waals surface area contributed by atoms with Crippen molar-refractivity contribution in [3.8, 4) is 0 Å². The zero-order valence-electron chi connectivity index (χ0n) is 12.7. The number of carbonyl (C=O) groups is 2. The van der Waals surface area contributed by atoms with Gasteiger partial charge in [-0.15, -0.1) is 0 Å². The standard InChI is InChI=1S/C15H12N4O3S2/c1-7-5-8(2)17-15(16-7)24-11-4-3-9(22-11)6-10-12(20)18-14(23)19-13(10)21/h3-6H,1-2H3,(H2,18,19,20,21,23). The lowest BCUT2D eigenvalue weighted by Gasteiger charge is -2.15. The molecule has 1 aliphatic rings. The highest BCUT2D eigenvalue weighted by Crippen LogP contribution is 2.27. The second kappa shape index (κ2) is 6.54. The molecule has 0 aliphatic carbocycles. The van der Waals surface area contributed by atoms with Gasteiger partial charge in [-0.2, -0.15) is 0 Å². The molecule has 2 aromatic rings. The molecular formula is C15H12N4O3S2. The molecule has 1 saturated heterocycles. The van der Waals surface area contributed by atoms with E-state index in [1.807, 2.05) is 19.9 Å². The maximum Gasteiger partial charge on any atom is 0.263 e. The molecule has 0 saturated carbocycles. The molecule has 3 rings (SSSR count). The van der Waals surface area contributed by atoms with Gasteiger partial charge < -0.3 is 4.42 Å². The third-order valence-corrected chi connectivity index (χ3v) is 3.98. The molecule has 7 nitrogen and oxygen atoms in total. The average Bonchev–Trinajstić information content (AvgIpc) is 2.89. The lowest BCUT2D eigenvalue weighted by molar-refractivity contribution is -0.123. The molecule has 24 heavy (non-hydrogen) atoms. The Balaban J connectivity index is 1.80. The van der Waals surface area contributed by atoms with Gasteiger partial charge in [0.2, 0.25) is 0 Å². The van der Waals surface area contributed by atoms with E-state index in [4.69, 9.17) is 16.6 Å². The van der Waals surface area contributed by atoms with Gasteiger partial charge in [-0.3, -0.25) is 20.2 Å². The number of carbonyl (C=O) groups excluding carboxylic acids is 2. The summed E-state index contributed by atoms with van der Waals surface area (Å²) < 4.78 is 5.61. The third kappa shape index (κ3) is 3.69. The minimum Gasteiger partial charge on any atom is -0.450 e. The smallest absolute Gasteiger partial charge is 0.263 e. The van der Waals surface area contributed by atoms with Crippen LogP contribution in [0, 0.1) is 13.8 Å². The van der Waals surface area contributed by atoms with Crippen molar-refractivity contribution in [3.63, 3.8) is 0 Å². The third-order valence-electron chi connectivity index (χ3n) is 2.99. The molecular weight excluding hydrogens is 348 g/mol. The number of rotatable bonds is 3. The van der Waals surface area contributed by atoms with E-state index in [9.17, 15) is 9.59 Å². The monoisotopic (exact) mass is 360 g/mol. The zero-order valence-corrected chi connectivity index (χ0v) is 14.4. The van der Waals surface area contributed by atoms with Crippen molar-refractivity contribution in [1.29, 1.82) is 0 Å². The van der Waals surface area contributed by atoms with Gasteiger partial charge in [0.1, 0.15) is 11.3 Å². The maximum atomic E-state index is 11.8. The van der Waals surface area contributed by atoms with Crippen LogP contribution in [0.2, 0.25) is 0 Å². The predicted molar refractivity (Wildman–Crippen MR) is 91.2 cm³/mol. The van der Waals surface area contributed by atoms with Gasteiger partial charge in [0.15, 0.2) is 15.4 Å². The number of hydrogen-bond donors (Lipinski definition) is 2. The molecule has 0 radical (unpaired) electrons. The van der Waals surface area contributed by atoms with Crippen molar-refractivity contribution < 1.29 is 14.0 Å². The summed E-state index contributed by atoms with van der Waals surface area (Å²) in [5, 5.41) is 5.84. The number of hydrogen-bond acceptors (Lipinski definition) is 7. The number of thiocarbonyl (C=S) groups is 1. The Kier molecular flexibility index (Phi) is 4.45. The number of nitrogens with zero attached hydrogens (tertiary/aromatic N) is 2. The summed E-state index contributed by atoms with van der Waals surface area (Å²) in [6.45, 7) is 3.78. The lowest BCUT2D eigenvalue weighted by atomic mass is 10.1. The number of furan rings is 1. The van der Waals surface area contributed by atoms with Crippen LogP contribution in [0.3, 0.4) is 0 Å².